The van der Waals surface area contributed by atoms with Crippen LogP contribution in [0.3, 0.4) is 0 Å². The minimum Gasteiger partial charge on any atom is -0.439 e. The van der Waals surface area contributed by atoms with Crippen molar-refractivity contribution in [3.63, 3.8) is 0 Å². The Morgan fingerprint density at radius 1 is 1.41 bits per heavy atom. The first kappa shape index (κ1) is 11.8. The van der Waals surface area contributed by atoms with Gasteiger partial charge in [-0.2, -0.15) is 13.2 Å². The van der Waals surface area contributed by atoms with Crippen molar-refractivity contribution in [2.24, 2.45) is 0 Å². The van der Waals surface area contributed by atoms with Gasteiger partial charge in [0, 0.05) is 0 Å². The zero-order valence-electron chi connectivity index (χ0n) is 8.97. The third-order valence-electron chi connectivity index (χ3n) is 2.62. The van der Waals surface area contributed by atoms with Crippen molar-refractivity contribution in [1.82, 2.24) is 5.32 Å². The highest BCUT2D eigenvalue weighted by Gasteiger charge is 2.34. The van der Waals surface area contributed by atoms with Gasteiger partial charge in [0.05, 0.1) is 12.1 Å². The summed E-state index contributed by atoms with van der Waals surface area (Å²) in [7, 11) is 0. The van der Waals surface area contributed by atoms with Crippen molar-refractivity contribution in [2.45, 2.75) is 19.2 Å². The normalized spacial score (nSPS) is 20.0. The lowest BCUT2D eigenvalue weighted by molar-refractivity contribution is -0.138. The lowest BCUT2D eigenvalue weighted by atomic mass is 10.0. The molecule has 0 radical (unpaired) electrons. The maximum absolute atomic E-state index is 12.7. The van der Waals surface area contributed by atoms with E-state index in [-0.39, 0.29) is 12.1 Å². The minimum atomic E-state index is -4.39. The highest BCUT2D eigenvalue weighted by Crippen LogP contribution is 2.34. The van der Waals surface area contributed by atoms with Gasteiger partial charge < -0.3 is 10.1 Å². The van der Waals surface area contributed by atoms with Gasteiger partial charge in [0.1, 0.15) is 6.10 Å². The van der Waals surface area contributed by atoms with Gasteiger partial charge in [0.2, 0.25) is 0 Å². The highest BCUT2D eigenvalue weighted by atomic mass is 19.4. The van der Waals surface area contributed by atoms with Crippen LogP contribution in [0.5, 0.6) is 0 Å². The molecule has 0 bridgehead atoms. The standard InChI is InChI=1S/C11H10F3NO2/c1-6-2-3-7(4-8(6)11(12,13)14)9-5-15-10(16)17-9/h2-4,9H,5H2,1H3,(H,15,16). The molecule has 1 aromatic carbocycles. The molecular formula is C11H10F3NO2. The van der Waals surface area contributed by atoms with Crippen LogP contribution < -0.4 is 5.32 Å². The Labute approximate surface area is 95.6 Å². The van der Waals surface area contributed by atoms with E-state index >= 15 is 0 Å². The van der Waals surface area contributed by atoms with Crippen molar-refractivity contribution >= 4 is 6.09 Å². The lowest BCUT2D eigenvalue weighted by Crippen LogP contribution is -2.13. The van der Waals surface area contributed by atoms with Crippen LogP contribution >= 0.6 is 0 Å². The summed E-state index contributed by atoms with van der Waals surface area (Å²) in [5.41, 5.74) is -0.197. The van der Waals surface area contributed by atoms with E-state index in [4.69, 9.17) is 4.74 Å². The van der Waals surface area contributed by atoms with Gasteiger partial charge in [0.25, 0.3) is 0 Å². The van der Waals surface area contributed by atoms with Crippen LogP contribution in [-0.4, -0.2) is 12.6 Å². The quantitative estimate of drug-likeness (QED) is 0.826. The molecular weight excluding hydrogens is 235 g/mol. The van der Waals surface area contributed by atoms with Gasteiger partial charge in [-0.05, 0) is 24.1 Å². The Morgan fingerprint density at radius 3 is 2.65 bits per heavy atom. The SMILES string of the molecule is Cc1ccc(C2CNC(=O)O2)cc1C(F)(F)F. The van der Waals surface area contributed by atoms with Crippen molar-refractivity contribution in [3.8, 4) is 0 Å². The predicted molar refractivity (Wildman–Crippen MR) is 53.4 cm³/mol. The number of halogens is 3. The lowest BCUT2D eigenvalue weighted by Gasteiger charge is -2.14. The smallest absolute Gasteiger partial charge is 0.416 e. The van der Waals surface area contributed by atoms with Crippen LogP contribution in [0.1, 0.15) is 22.8 Å². The third kappa shape index (κ3) is 2.35. The second-order valence-electron chi connectivity index (χ2n) is 3.85. The van der Waals surface area contributed by atoms with E-state index in [0.717, 1.165) is 6.07 Å². The van der Waals surface area contributed by atoms with Crippen LogP contribution in [0.2, 0.25) is 0 Å². The van der Waals surface area contributed by atoms with Crippen LogP contribution in [0.15, 0.2) is 18.2 Å². The van der Waals surface area contributed by atoms with E-state index in [1.807, 2.05) is 0 Å². The summed E-state index contributed by atoms with van der Waals surface area (Å²) in [4.78, 5) is 10.8. The molecule has 1 aliphatic heterocycles. The number of cyclic esters (lactones) is 1. The summed E-state index contributed by atoms with van der Waals surface area (Å²) in [6.45, 7) is 1.59. The van der Waals surface area contributed by atoms with E-state index in [2.05, 4.69) is 5.32 Å². The molecule has 1 amide bonds. The second kappa shape index (κ2) is 3.94. The molecule has 1 N–H and O–H groups in total. The minimum absolute atomic E-state index is 0.151. The van der Waals surface area contributed by atoms with Gasteiger partial charge in [0.15, 0.2) is 0 Å². The number of aryl methyl sites for hydroxylation is 1. The summed E-state index contributed by atoms with van der Waals surface area (Å²) >= 11 is 0. The molecule has 0 saturated carbocycles. The Morgan fingerprint density at radius 2 is 2.12 bits per heavy atom. The van der Waals surface area contributed by atoms with E-state index in [1.54, 1.807) is 0 Å². The molecule has 2 rings (SSSR count). The van der Waals surface area contributed by atoms with Crippen molar-refractivity contribution in [3.05, 3.63) is 34.9 Å². The fraction of sp³-hybridized carbons (Fsp3) is 0.364. The molecule has 1 saturated heterocycles. The Balaban J connectivity index is 2.34. The topological polar surface area (TPSA) is 38.3 Å². The predicted octanol–water partition coefficient (Wildman–Crippen LogP) is 2.79. The largest absolute Gasteiger partial charge is 0.439 e. The van der Waals surface area contributed by atoms with Gasteiger partial charge in [-0.25, -0.2) is 4.79 Å². The first-order valence-electron chi connectivity index (χ1n) is 5.00. The first-order chi connectivity index (χ1) is 7.88. The van der Waals surface area contributed by atoms with E-state index < -0.39 is 23.9 Å². The first-order valence-corrected chi connectivity index (χ1v) is 5.00. The summed E-state index contributed by atoms with van der Waals surface area (Å²) in [6, 6.07) is 3.94. The summed E-state index contributed by atoms with van der Waals surface area (Å²) < 4.78 is 42.8. The van der Waals surface area contributed by atoms with Crippen molar-refractivity contribution in [1.29, 1.82) is 0 Å². The van der Waals surface area contributed by atoms with Crippen LogP contribution in [0.4, 0.5) is 18.0 Å². The third-order valence-corrected chi connectivity index (χ3v) is 2.62. The van der Waals surface area contributed by atoms with Crippen LogP contribution in [0.25, 0.3) is 0 Å². The van der Waals surface area contributed by atoms with E-state index in [1.165, 1.54) is 19.1 Å². The van der Waals surface area contributed by atoms with Crippen LogP contribution in [0, 0.1) is 6.92 Å². The van der Waals surface area contributed by atoms with Gasteiger partial charge >= 0.3 is 12.3 Å². The number of benzene rings is 1. The average molecular weight is 245 g/mol. The molecule has 1 atom stereocenters. The van der Waals surface area contributed by atoms with Crippen molar-refractivity contribution < 1.29 is 22.7 Å². The number of hydrogen-bond donors (Lipinski definition) is 1. The molecule has 1 aliphatic rings. The number of carbonyl (C=O) groups is 1. The molecule has 1 heterocycles. The van der Waals surface area contributed by atoms with Gasteiger partial charge in [-0.15, -0.1) is 0 Å². The monoisotopic (exact) mass is 245 g/mol. The Kier molecular flexibility index (Phi) is 2.73. The number of ether oxygens (including phenoxy) is 1. The molecule has 1 fully saturated rings. The number of amides is 1. The summed E-state index contributed by atoms with van der Waals surface area (Å²) in [5, 5.41) is 2.40. The van der Waals surface area contributed by atoms with Gasteiger partial charge in [-0.3, -0.25) is 0 Å². The molecule has 6 heteroatoms. The fourth-order valence-corrected chi connectivity index (χ4v) is 1.72. The fourth-order valence-electron chi connectivity index (χ4n) is 1.72. The van der Waals surface area contributed by atoms with Crippen molar-refractivity contribution in [2.75, 3.05) is 6.54 Å². The highest BCUT2D eigenvalue weighted by molar-refractivity contribution is 5.69. The zero-order valence-corrected chi connectivity index (χ0v) is 8.97. The molecule has 3 nitrogen and oxygen atoms in total. The Hall–Kier alpha value is -1.72. The number of hydrogen-bond acceptors (Lipinski definition) is 2. The molecule has 17 heavy (non-hydrogen) atoms. The molecule has 0 spiro atoms. The summed E-state index contributed by atoms with van der Waals surface area (Å²) in [6.07, 6.45) is -5.65. The molecule has 92 valence electrons. The van der Waals surface area contributed by atoms with E-state index in [0.29, 0.717) is 5.56 Å². The molecule has 0 aliphatic carbocycles. The summed E-state index contributed by atoms with van der Waals surface area (Å²) in [5.74, 6) is 0. The molecule has 0 aromatic heterocycles. The zero-order chi connectivity index (χ0) is 12.6. The number of alkyl halides is 3. The second-order valence-corrected chi connectivity index (χ2v) is 3.85. The van der Waals surface area contributed by atoms with Gasteiger partial charge in [-0.1, -0.05) is 12.1 Å². The molecule has 1 unspecified atom stereocenters. The Bertz CT molecular complexity index is 457. The maximum atomic E-state index is 12.7. The molecule has 1 aromatic rings. The number of rotatable bonds is 1. The van der Waals surface area contributed by atoms with Crippen LogP contribution in [-0.2, 0) is 10.9 Å². The maximum Gasteiger partial charge on any atom is 0.416 e. The number of nitrogens with one attached hydrogen (secondary N) is 1. The number of alkyl carbamates (subject to hydrolysis) is 1. The van der Waals surface area contributed by atoms with E-state index in [9.17, 15) is 18.0 Å². The average Bonchev–Trinajstić information content (AvgIpc) is 2.64. The number of carbonyl (C=O) groups excluding carboxylic acids is 1.